The molecule has 1 N–H and O–H groups in total. The molecule has 0 bridgehead atoms. The van der Waals surface area contributed by atoms with E-state index in [-0.39, 0.29) is 28.2 Å². The van der Waals surface area contributed by atoms with E-state index in [1.165, 1.54) is 25.3 Å². The van der Waals surface area contributed by atoms with E-state index in [0.717, 1.165) is 51.4 Å². The van der Waals surface area contributed by atoms with Gasteiger partial charge in [-0.05, 0) is 50.4 Å². The Morgan fingerprint density at radius 3 is 2.53 bits per heavy atom. The van der Waals surface area contributed by atoms with Gasteiger partial charge in [0.05, 0.1) is 26.4 Å². The summed E-state index contributed by atoms with van der Waals surface area (Å²) in [7, 11) is 1.41. The fourth-order valence-corrected chi connectivity index (χ4v) is 6.24. The van der Waals surface area contributed by atoms with Gasteiger partial charge in [-0.1, -0.05) is 43.7 Å². The van der Waals surface area contributed by atoms with Crippen molar-refractivity contribution in [3.8, 4) is 0 Å². The summed E-state index contributed by atoms with van der Waals surface area (Å²) in [6.07, 6.45) is 13.3. The molecule has 0 aromatic rings. The van der Waals surface area contributed by atoms with Crippen LogP contribution in [0.5, 0.6) is 0 Å². The SMILES string of the molecule is CCCCCC1(CC[C@@H]2[C@@H](C/C=C\CCCC(=O)OC)[C@@H](O)C[C@H]2SC(C)=O)OCCO1. The molecular formula is C25H42O6S. The number of hydrogen-bond acceptors (Lipinski definition) is 7. The number of aliphatic hydroxyl groups is 1. The van der Waals surface area contributed by atoms with E-state index in [1.807, 2.05) is 0 Å². The minimum absolute atomic E-state index is 0.109. The van der Waals surface area contributed by atoms with Crippen molar-refractivity contribution in [2.45, 2.75) is 102 Å². The monoisotopic (exact) mass is 470 g/mol. The molecule has 32 heavy (non-hydrogen) atoms. The topological polar surface area (TPSA) is 82.1 Å². The molecule has 184 valence electrons. The second-order valence-corrected chi connectivity index (χ2v) is 10.5. The Labute approximate surface area is 197 Å². The molecule has 0 aromatic heterocycles. The quantitative estimate of drug-likeness (QED) is 0.217. The largest absolute Gasteiger partial charge is 0.469 e. The molecule has 2 rings (SSSR count). The van der Waals surface area contributed by atoms with Gasteiger partial charge in [-0.2, -0.15) is 0 Å². The smallest absolute Gasteiger partial charge is 0.305 e. The van der Waals surface area contributed by atoms with E-state index in [2.05, 4.69) is 23.8 Å². The Morgan fingerprint density at radius 2 is 1.88 bits per heavy atom. The molecule has 0 radical (unpaired) electrons. The van der Waals surface area contributed by atoms with Crippen molar-refractivity contribution in [2.24, 2.45) is 11.8 Å². The molecule has 0 spiro atoms. The van der Waals surface area contributed by atoms with Crippen LogP contribution in [0.15, 0.2) is 12.2 Å². The first kappa shape index (κ1) is 27.4. The van der Waals surface area contributed by atoms with Crippen LogP contribution >= 0.6 is 11.8 Å². The summed E-state index contributed by atoms with van der Waals surface area (Å²) in [6.45, 7) is 5.09. The highest BCUT2D eigenvalue weighted by Crippen LogP contribution is 2.46. The number of ether oxygens (including phenoxy) is 3. The third-order valence-corrected chi connectivity index (χ3v) is 7.88. The molecule has 0 amide bonds. The first-order valence-corrected chi connectivity index (χ1v) is 13.1. The van der Waals surface area contributed by atoms with Crippen LogP contribution in [0.25, 0.3) is 0 Å². The van der Waals surface area contributed by atoms with Crippen LogP contribution in [0.1, 0.15) is 84.5 Å². The van der Waals surface area contributed by atoms with Gasteiger partial charge in [0.25, 0.3) is 0 Å². The van der Waals surface area contributed by atoms with E-state index in [1.54, 1.807) is 6.92 Å². The van der Waals surface area contributed by atoms with Crippen LogP contribution in [0.2, 0.25) is 0 Å². The number of esters is 1. The summed E-state index contributed by atoms with van der Waals surface area (Å²) in [6, 6.07) is 0. The van der Waals surface area contributed by atoms with Gasteiger partial charge in [-0.3, -0.25) is 9.59 Å². The number of aliphatic hydroxyl groups excluding tert-OH is 1. The first-order chi connectivity index (χ1) is 15.4. The maximum absolute atomic E-state index is 11.8. The molecule has 4 atom stereocenters. The second kappa shape index (κ2) is 14.4. The summed E-state index contributed by atoms with van der Waals surface area (Å²) in [5.41, 5.74) is 0. The normalized spacial score (nSPS) is 27.2. The zero-order chi connectivity index (χ0) is 23.4. The lowest BCUT2D eigenvalue weighted by Gasteiger charge is -2.31. The minimum atomic E-state index is -0.498. The van der Waals surface area contributed by atoms with Crippen molar-refractivity contribution in [3.05, 3.63) is 12.2 Å². The lowest BCUT2D eigenvalue weighted by molar-refractivity contribution is -0.170. The highest BCUT2D eigenvalue weighted by atomic mass is 32.2. The van der Waals surface area contributed by atoms with Crippen LogP contribution < -0.4 is 0 Å². The second-order valence-electron chi connectivity index (χ2n) is 9.06. The molecule has 1 aliphatic heterocycles. The highest BCUT2D eigenvalue weighted by Gasteiger charge is 2.45. The van der Waals surface area contributed by atoms with Gasteiger partial charge in [0.15, 0.2) is 10.9 Å². The van der Waals surface area contributed by atoms with E-state index < -0.39 is 11.9 Å². The molecule has 1 aliphatic carbocycles. The zero-order valence-corrected chi connectivity index (χ0v) is 20.9. The van der Waals surface area contributed by atoms with Crippen molar-refractivity contribution >= 4 is 22.8 Å². The number of hydrogen-bond donors (Lipinski definition) is 1. The number of carbonyl (C=O) groups is 2. The molecule has 2 fully saturated rings. The van der Waals surface area contributed by atoms with E-state index in [9.17, 15) is 14.7 Å². The summed E-state index contributed by atoms with van der Waals surface area (Å²) in [4.78, 5) is 23.1. The maximum Gasteiger partial charge on any atom is 0.305 e. The van der Waals surface area contributed by atoms with Crippen LogP contribution in [-0.2, 0) is 23.8 Å². The molecule has 1 saturated heterocycles. The first-order valence-electron chi connectivity index (χ1n) is 12.3. The summed E-state index contributed by atoms with van der Waals surface area (Å²) in [5.74, 6) is -0.312. The molecule has 2 aliphatic rings. The Balaban J connectivity index is 1.96. The van der Waals surface area contributed by atoms with Crippen LogP contribution in [0.3, 0.4) is 0 Å². The maximum atomic E-state index is 11.8. The molecule has 1 saturated carbocycles. The Bertz CT molecular complexity index is 601. The molecule has 0 unspecified atom stereocenters. The highest BCUT2D eigenvalue weighted by molar-refractivity contribution is 8.14. The number of allylic oxidation sites excluding steroid dienone is 2. The lowest BCUT2D eigenvalue weighted by atomic mass is 9.85. The fourth-order valence-electron chi connectivity index (χ4n) is 5.01. The standard InChI is InChI=1S/C25H42O6S/c1-4-5-10-14-25(30-16-17-31-25)15-13-21-20(22(27)18-23(21)32-19(2)26)11-8-6-7-9-12-24(28)29-3/h6,8,20-23,27H,4-5,7,9-18H2,1-3H3/b8-6-/t20-,21-,22+,23-/m1/s1. The van der Waals surface area contributed by atoms with Gasteiger partial charge in [0, 0.05) is 31.4 Å². The number of rotatable bonds is 14. The van der Waals surface area contributed by atoms with Gasteiger partial charge >= 0.3 is 5.97 Å². The predicted molar refractivity (Wildman–Crippen MR) is 127 cm³/mol. The molecule has 0 aromatic carbocycles. The number of unbranched alkanes of at least 4 members (excludes halogenated alkanes) is 3. The van der Waals surface area contributed by atoms with Crippen molar-refractivity contribution in [3.63, 3.8) is 0 Å². The van der Waals surface area contributed by atoms with Gasteiger partial charge in [0.1, 0.15) is 0 Å². The van der Waals surface area contributed by atoms with Crippen molar-refractivity contribution in [1.29, 1.82) is 0 Å². The summed E-state index contributed by atoms with van der Waals surface area (Å²) >= 11 is 1.38. The molecule has 7 heteroatoms. The molecule has 6 nitrogen and oxygen atoms in total. The third kappa shape index (κ3) is 8.81. The number of carbonyl (C=O) groups excluding carboxylic acids is 2. The van der Waals surface area contributed by atoms with Gasteiger partial charge in [0.2, 0.25) is 0 Å². The fraction of sp³-hybridized carbons (Fsp3) is 0.840. The van der Waals surface area contributed by atoms with E-state index in [0.29, 0.717) is 26.1 Å². The lowest BCUT2D eigenvalue weighted by Crippen LogP contribution is -2.32. The Kier molecular flexibility index (Phi) is 12.3. The van der Waals surface area contributed by atoms with Gasteiger partial charge < -0.3 is 19.3 Å². The third-order valence-electron chi connectivity index (χ3n) is 6.70. The van der Waals surface area contributed by atoms with E-state index in [4.69, 9.17) is 9.47 Å². The Morgan fingerprint density at radius 1 is 1.12 bits per heavy atom. The Hall–Kier alpha value is -0.890. The average molecular weight is 471 g/mol. The van der Waals surface area contributed by atoms with Crippen LogP contribution in [0.4, 0.5) is 0 Å². The van der Waals surface area contributed by atoms with Crippen molar-refractivity contribution < 1.29 is 28.9 Å². The van der Waals surface area contributed by atoms with Crippen LogP contribution in [0, 0.1) is 11.8 Å². The molecule has 1 heterocycles. The number of methoxy groups -OCH3 is 1. The van der Waals surface area contributed by atoms with Gasteiger partial charge in [-0.25, -0.2) is 0 Å². The van der Waals surface area contributed by atoms with Crippen molar-refractivity contribution in [1.82, 2.24) is 0 Å². The summed E-state index contributed by atoms with van der Waals surface area (Å²) in [5, 5.41) is 11.0. The summed E-state index contributed by atoms with van der Waals surface area (Å²) < 4.78 is 16.8. The van der Waals surface area contributed by atoms with Gasteiger partial charge in [-0.15, -0.1) is 0 Å². The van der Waals surface area contributed by atoms with E-state index >= 15 is 0 Å². The minimum Gasteiger partial charge on any atom is -0.469 e. The number of thioether (sulfide) groups is 1. The zero-order valence-electron chi connectivity index (χ0n) is 20.1. The average Bonchev–Trinajstić information content (AvgIpc) is 3.33. The van der Waals surface area contributed by atoms with Crippen LogP contribution in [-0.4, -0.2) is 53.7 Å². The van der Waals surface area contributed by atoms with Crippen molar-refractivity contribution in [2.75, 3.05) is 20.3 Å². The molecular weight excluding hydrogens is 428 g/mol. The predicted octanol–water partition coefficient (Wildman–Crippen LogP) is 5.02.